The Morgan fingerprint density at radius 3 is 2.38 bits per heavy atom. The number of nitrogens with zero attached hydrogens (tertiary/aromatic N) is 4. The first-order valence-corrected chi connectivity index (χ1v) is 7.09. The largest absolute Gasteiger partial charge is 0.352 e. The molecule has 21 heavy (non-hydrogen) atoms. The molecule has 1 heterocycles. The molecule has 1 N–H and O–H groups in total. The third kappa shape index (κ3) is 4.59. The maximum Gasteiger partial charge on any atom is 0.220 e. The van der Waals surface area contributed by atoms with Crippen molar-refractivity contribution in [3.8, 4) is 11.4 Å². The summed E-state index contributed by atoms with van der Waals surface area (Å²) in [4.78, 5) is 11.5. The van der Waals surface area contributed by atoms with Crippen LogP contribution in [-0.4, -0.2) is 26.3 Å². The molecule has 0 atom stereocenters. The molecular formula is C15H19N5O. The predicted molar refractivity (Wildman–Crippen MR) is 79.2 cm³/mol. The van der Waals surface area contributed by atoms with Crippen LogP contribution in [0.3, 0.4) is 0 Å². The summed E-state index contributed by atoms with van der Waals surface area (Å²) < 4.78 is 0. The minimum atomic E-state index is 0.0937. The molecule has 110 valence electrons. The van der Waals surface area contributed by atoms with Gasteiger partial charge in [0.1, 0.15) is 0 Å². The van der Waals surface area contributed by atoms with Crippen molar-refractivity contribution < 1.29 is 4.79 Å². The van der Waals surface area contributed by atoms with Crippen molar-refractivity contribution in [1.29, 1.82) is 0 Å². The average molecular weight is 285 g/mol. The van der Waals surface area contributed by atoms with E-state index < -0.39 is 0 Å². The Morgan fingerprint density at radius 1 is 1.10 bits per heavy atom. The summed E-state index contributed by atoms with van der Waals surface area (Å²) in [5, 5.41) is 18.7. The molecule has 0 aliphatic heterocycles. The smallest absolute Gasteiger partial charge is 0.220 e. The molecule has 0 fully saturated rings. The fraction of sp³-hybridized carbons (Fsp3) is 0.400. The molecule has 1 amide bonds. The number of benzene rings is 1. The molecule has 0 aliphatic carbocycles. The molecule has 0 spiro atoms. The van der Waals surface area contributed by atoms with Gasteiger partial charge in [0.2, 0.25) is 11.7 Å². The number of carbonyl (C=O) groups is 1. The van der Waals surface area contributed by atoms with Gasteiger partial charge in [-0.1, -0.05) is 37.6 Å². The molecule has 2 aromatic rings. The van der Waals surface area contributed by atoms with E-state index >= 15 is 0 Å². The third-order valence-corrected chi connectivity index (χ3v) is 3.04. The first-order valence-electron chi connectivity index (χ1n) is 7.09. The van der Waals surface area contributed by atoms with E-state index in [1.54, 1.807) is 6.92 Å². The van der Waals surface area contributed by atoms with Crippen molar-refractivity contribution in [2.24, 2.45) is 0 Å². The fourth-order valence-corrected chi connectivity index (χ4v) is 1.79. The molecule has 6 nitrogen and oxygen atoms in total. The van der Waals surface area contributed by atoms with Crippen LogP contribution in [0, 0.1) is 6.92 Å². The SMILES string of the molecule is CCCCC(=O)NCc1ccc(-c2nnc(C)nn2)cc1. The number of hydrogen-bond acceptors (Lipinski definition) is 5. The van der Waals surface area contributed by atoms with E-state index in [2.05, 4.69) is 32.6 Å². The summed E-state index contributed by atoms with van der Waals surface area (Å²) in [6, 6.07) is 7.69. The summed E-state index contributed by atoms with van der Waals surface area (Å²) >= 11 is 0. The topological polar surface area (TPSA) is 80.7 Å². The van der Waals surface area contributed by atoms with Crippen LogP contribution in [0.25, 0.3) is 11.4 Å². The van der Waals surface area contributed by atoms with Crippen LogP contribution >= 0.6 is 0 Å². The normalized spacial score (nSPS) is 10.4. The first kappa shape index (κ1) is 15.0. The highest BCUT2D eigenvalue weighted by Crippen LogP contribution is 2.13. The molecule has 1 aromatic carbocycles. The number of aryl methyl sites for hydroxylation is 1. The third-order valence-electron chi connectivity index (χ3n) is 3.04. The average Bonchev–Trinajstić information content (AvgIpc) is 2.52. The standard InChI is InChI=1S/C15H19N5O/c1-3-4-5-14(21)16-10-12-6-8-13(9-7-12)15-19-17-11(2)18-20-15/h6-9H,3-5,10H2,1-2H3,(H,16,21). The Hall–Kier alpha value is -2.37. The number of hydrogen-bond donors (Lipinski definition) is 1. The van der Waals surface area contributed by atoms with Gasteiger partial charge in [0.05, 0.1) is 0 Å². The van der Waals surface area contributed by atoms with Crippen molar-refractivity contribution in [2.75, 3.05) is 0 Å². The molecule has 6 heteroatoms. The Labute approximate surface area is 124 Å². The summed E-state index contributed by atoms with van der Waals surface area (Å²) in [6.45, 7) is 4.35. The van der Waals surface area contributed by atoms with Crippen LogP contribution in [-0.2, 0) is 11.3 Å². The maximum absolute atomic E-state index is 11.5. The molecule has 0 aliphatic rings. The highest BCUT2D eigenvalue weighted by atomic mass is 16.1. The fourth-order valence-electron chi connectivity index (χ4n) is 1.79. The lowest BCUT2D eigenvalue weighted by Crippen LogP contribution is -2.22. The lowest BCUT2D eigenvalue weighted by atomic mass is 10.1. The Morgan fingerprint density at radius 2 is 1.76 bits per heavy atom. The lowest BCUT2D eigenvalue weighted by Gasteiger charge is -2.05. The van der Waals surface area contributed by atoms with E-state index in [1.165, 1.54) is 0 Å². The number of rotatable bonds is 6. The quantitative estimate of drug-likeness (QED) is 0.878. The second kappa shape index (κ2) is 7.42. The van der Waals surface area contributed by atoms with Gasteiger partial charge in [-0.15, -0.1) is 20.4 Å². The zero-order chi connectivity index (χ0) is 15.1. The zero-order valence-electron chi connectivity index (χ0n) is 12.3. The molecular weight excluding hydrogens is 266 g/mol. The van der Waals surface area contributed by atoms with Crippen LogP contribution < -0.4 is 5.32 Å². The van der Waals surface area contributed by atoms with E-state index in [-0.39, 0.29) is 5.91 Å². The van der Waals surface area contributed by atoms with Crippen molar-refractivity contribution in [2.45, 2.75) is 39.7 Å². The molecule has 2 rings (SSSR count). The van der Waals surface area contributed by atoms with Crippen LogP contribution in [0.2, 0.25) is 0 Å². The summed E-state index contributed by atoms with van der Waals surface area (Å²) in [7, 11) is 0. The second-order valence-electron chi connectivity index (χ2n) is 4.85. The molecule has 0 unspecified atom stereocenters. The number of aromatic nitrogens is 4. The summed E-state index contributed by atoms with van der Waals surface area (Å²) in [5.74, 6) is 1.14. The number of unbranched alkanes of at least 4 members (excludes halogenated alkanes) is 1. The maximum atomic E-state index is 11.5. The van der Waals surface area contributed by atoms with Crippen LogP contribution in [0.5, 0.6) is 0 Å². The van der Waals surface area contributed by atoms with E-state index in [4.69, 9.17) is 0 Å². The molecule has 0 radical (unpaired) electrons. The monoisotopic (exact) mass is 285 g/mol. The summed E-state index contributed by atoms with van der Waals surface area (Å²) in [6.07, 6.45) is 2.54. The zero-order valence-corrected chi connectivity index (χ0v) is 12.3. The highest BCUT2D eigenvalue weighted by Gasteiger charge is 2.04. The number of amides is 1. The van der Waals surface area contributed by atoms with Crippen molar-refractivity contribution >= 4 is 5.91 Å². The molecule has 0 saturated carbocycles. The van der Waals surface area contributed by atoms with Crippen LogP contribution in [0.4, 0.5) is 0 Å². The molecule has 1 aromatic heterocycles. The van der Waals surface area contributed by atoms with Gasteiger partial charge in [-0.25, -0.2) is 0 Å². The van der Waals surface area contributed by atoms with Gasteiger partial charge in [-0.3, -0.25) is 4.79 Å². The Kier molecular flexibility index (Phi) is 5.31. The van der Waals surface area contributed by atoms with Crippen LogP contribution in [0.15, 0.2) is 24.3 Å². The van der Waals surface area contributed by atoms with Gasteiger partial charge in [-0.05, 0) is 18.9 Å². The van der Waals surface area contributed by atoms with E-state index in [1.807, 2.05) is 24.3 Å². The van der Waals surface area contributed by atoms with Gasteiger partial charge in [-0.2, -0.15) is 0 Å². The van der Waals surface area contributed by atoms with Gasteiger partial charge >= 0.3 is 0 Å². The second-order valence-corrected chi connectivity index (χ2v) is 4.85. The lowest BCUT2D eigenvalue weighted by molar-refractivity contribution is -0.121. The van der Waals surface area contributed by atoms with E-state index in [0.29, 0.717) is 24.6 Å². The van der Waals surface area contributed by atoms with E-state index in [9.17, 15) is 4.79 Å². The van der Waals surface area contributed by atoms with Crippen molar-refractivity contribution in [3.63, 3.8) is 0 Å². The molecule has 0 saturated heterocycles. The minimum absolute atomic E-state index is 0.0937. The summed E-state index contributed by atoms with van der Waals surface area (Å²) in [5.41, 5.74) is 1.90. The molecule has 0 bridgehead atoms. The van der Waals surface area contributed by atoms with Gasteiger partial charge < -0.3 is 5.32 Å². The van der Waals surface area contributed by atoms with Gasteiger partial charge in [0.25, 0.3) is 0 Å². The van der Waals surface area contributed by atoms with Gasteiger partial charge in [0.15, 0.2) is 5.82 Å². The van der Waals surface area contributed by atoms with Crippen LogP contribution in [0.1, 0.15) is 37.6 Å². The Balaban J connectivity index is 1.93. The number of carbonyl (C=O) groups excluding carboxylic acids is 1. The van der Waals surface area contributed by atoms with Crippen molar-refractivity contribution in [3.05, 3.63) is 35.7 Å². The van der Waals surface area contributed by atoms with E-state index in [0.717, 1.165) is 24.0 Å². The van der Waals surface area contributed by atoms with Crippen molar-refractivity contribution in [1.82, 2.24) is 25.7 Å². The predicted octanol–water partition coefficient (Wildman–Crippen LogP) is 2.05. The highest BCUT2D eigenvalue weighted by molar-refractivity contribution is 5.75. The minimum Gasteiger partial charge on any atom is -0.352 e. The Bertz CT molecular complexity index is 580. The number of nitrogens with one attached hydrogen (secondary N) is 1. The first-order chi connectivity index (χ1) is 10.2. The van der Waals surface area contributed by atoms with Gasteiger partial charge in [0, 0.05) is 18.5 Å².